The molecule has 0 bridgehead atoms. The number of hydrogen-bond donors (Lipinski definition) is 0. The number of carbonyl (C=O) groups excluding carboxylic acids is 2. The van der Waals surface area contributed by atoms with Crippen LogP contribution in [0.4, 0.5) is 0 Å². The van der Waals surface area contributed by atoms with E-state index in [2.05, 4.69) is 20.4 Å². The third-order valence-electron chi connectivity index (χ3n) is 4.81. The zero-order valence-corrected chi connectivity index (χ0v) is 13.2. The summed E-state index contributed by atoms with van der Waals surface area (Å²) in [6, 6.07) is 0. The molecule has 3 atom stereocenters. The Bertz CT molecular complexity index is 429. The van der Waals surface area contributed by atoms with Gasteiger partial charge in [0.1, 0.15) is 6.61 Å². The van der Waals surface area contributed by atoms with E-state index in [0.717, 1.165) is 32.1 Å². The Balaban J connectivity index is 2.17. The molecule has 21 heavy (non-hydrogen) atoms. The molecular formula is C17H26O4. The van der Waals surface area contributed by atoms with Gasteiger partial charge in [-0.25, -0.2) is 9.59 Å². The molecule has 2 aliphatic rings. The molecule has 2 rings (SSSR count). The number of hydrogen-bond acceptors (Lipinski definition) is 4. The molecule has 0 amide bonds. The molecule has 0 spiro atoms. The molecule has 4 nitrogen and oxygen atoms in total. The van der Waals surface area contributed by atoms with Gasteiger partial charge in [0.05, 0.1) is 5.92 Å². The van der Waals surface area contributed by atoms with E-state index < -0.39 is 11.6 Å². The van der Waals surface area contributed by atoms with E-state index in [-0.39, 0.29) is 24.4 Å². The van der Waals surface area contributed by atoms with Gasteiger partial charge in [-0.05, 0) is 12.8 Å². The first-order valence-electron chi connectivity index (χ1n) is 8.17. The highest BCUT2D eigenvalue weighted by molar-refractivity contribution is 5.99. The number of fused-ring (bicyclic) bond motifs is 1. The maximum atomic E-state index is 12.3. The van der Waals surface area contributed by atoms with Crippen molar-refractivity contribution in [2.24, 2.45) is 11.8 Å². The van der Waals surface area contributed by atoms with Gasteiger partial charge in [0.2, 0.25) is 5.60 Å². The predicted octanol–water partition coefficient (Wildman–Crippen LogP) is 3.40. The minimum absolute atomic E-state index is 0.0440. The van der Waals surface area contributed by atoms with E-state index in [1.54, 1.807) is 0 Å². The quantitative estimate of drug-likeness (QED) is 0.391. The molecule has 2 heterocycles. The number of esters is 2. The Morgan fingerprint density at radius 2 is 1.95 bits per heavy atom. The summed E-state index contributed by atoms with van der Waals surface area (Å²) in [5.74, 6) is -1.04. The van der Waals surface area contributed by atoms with Crippen molar-refractivity contribution < 1.29 is 19.1 Å². The Morgan fingerprint density at radius 3 is 2.62 bits per heavy atom. The molecule has 2 unspecified atom stereocenters. The van der Waals surface area contributed by atoms with Crippen molar-refractivity contribution >= 4 is 11.9 Å². The summed E-state index contributed by atoms with van der Waals surface area (Å²) >= 11 is 0. The molecule has 2 fully saturated rings. The summed E-state index contributed by atoms with van der Waals surface area (Å²) < 4.78 is 10.8. The Labute approximate surface area is 126 Å². The number of unbranched alkanes of at least 4 members (excludes halogenated alkanes) is 3. The van der Waals surface area contributed by atoms with E-state index in [4.69, 9.17) is 9.47 Å². The third kappa shape index (κ3) is 2.72. The summed E-state index contributed by atoms with van der Waals surface area (Å²) in [4.78, 5) is 24.2. The molecule has 0 radical (unpaired) electrons. The average Bonchev–Trinajstić information content (AvgIpc) is 2.91. The largest absolute Gasteiger partial charge is 0.462 e. The highest BCUT2D eigenvalue weighted by atomic mass is 16.6. The van der Waals surface area contributed by atoms with Gasteiger partial charge < -0.3 is 9.47 Å². The Kier molecular flexibility index (Phi) is 5.07. The van der Waals surface area contributed by atoms with E-state index >= 15 is 0 Å². The Hall–Kier alpha value is -1.32. The van der Waals surface area contributed by atoms with E-state index in [9.17, 15) is 9.59 Å². The monoisotopic (exact) mass is 294 g/mol. The fraction of sp³-hybridized carbons (Fsp3) is 0.765. The number of ether oxygens (including phenoxy) is 2. The van der Waals surface area contributed by atoms with Crippen LogP contribution >= 0.6 is 0 Å². The van der Waals surface area contributed by atoms with E-state index in [0.29, 0.717) is 5.57 Å². The minimum atomic E-state index is -1.09. The molecule has 0 aromatic heterocycles. The number of rotatable bonds is 8. The van der Waals surface area contributed by atoms with Gasteiger partial charge in [-0.15, -0.1) is 0 Å². The van der Waals surface area contributed by atoms with Gasteiger partial charge in [-0.1, -0.05) is 52.5 Å². The first-order valence-corrected chi connectivity index (χ1v) is 8.17. The third-order valence-corrected chi connectivity index (χ3v) is 4.81. The standard InChI is InChI=1S/C17H26O4/c1-4-6-7-8-10-13(9-5-2)17-14(11-20-16(17)19)12(3)15(18)21-17/h13-14H,3-11H2,1-2H3/t13-,14?,17?/m1/s1. The molecule has 2 aliphatic heterocycles. The SMILES string of the molecule is C=C1C(=O)OC2([C@H](CCC)CCCCCC)C(=O)OCC12. The summed E-state index contributed by atoms with van der Waals surface area (Å²) in [5, 5.41) is 0. The van der Waals surface area contributed by atoms with Gasteiger partial charge in [0.25, 0.3) is 0 Å². The van der Waals surface area contributed by atoms with Gasteiger partial charge in [0.15, 0.2) is 0 Å². The van der Waals surface area contributed by atoms with Crippen LogP contribution in [0.15, 0.2) is 12.2 Å². The molecule has 0 saturated carbocycles. The van der Waals surface area contributed by atoms with Crippen molar-refractivity contribution in [1.82, 2.24) is 0 Å². The van der Waals surface area contributed by atoms with Gasteiger partial charge in [-0.2, -0.15) is 0 Å². The van der Waals surface area contributed by atoms with Crippen LogP contribution in [0.3, 0.4) is 0 Å². The van der Waals surface area contributed by atoms with Crippen molar-refractivity contribution in [3.63, 3.8) is 0 Å². The highest BCUT2D eigenvalue weighted by Crippen LogP contribution is 2.49. The van der Waals surface area contributed by atoms with Crippen molar-refractivity contribution in [2.75, 3.05) is 6.61 Å². The minimum Gasteiger partial charge on any atom is -0.462 e. The molecule has 0 N–H and O–H groups in total. The Morgan fingerprint density at radius 1 is 1.19 bits per heavy atom. The van der Waals surface area contributed by atoms with Crippen molar-refractivity contribution in [3.8, 4) is 0 Å². The summed E-state index contributed by atoms with van der Waals surface area (Å²) in [6.45, 7) is 8.31. The van der Waals surface area contributed by atoms with Crippen LogP contribution in [0.5, 0.6) is 0 Å². The maximum absolute atomic E-state index is 12.3. The number of carbonyl (C=O) groups is 2. The topological polar surface area (TPSA) is 52.6 Å². The van der Waals surface area contributed by atoms with E-state index in [1.165, 1.54) is 12.8 Å². The van der Waals surface area contributed by atoms with Crippen LogP contribution in [0.2, 0.25) is 0 Å². The lowest BCUT2D eigenvalue weighted by Crippen LogP contribution is -2.47. The smallest absolute Gasteiger partial charge is 0.351 e. The fourth-order valence-corrected chi connectivity index (χ4v) is 3.64. The van der Waals surface area contributed by atoms with E-state index in [1.807, 2.05) is 0 Å². The van der Waals surface area contributed by atoms with Gasteiger partial charge in [0, 0.05) is 11.5 Å². The van der Waals surface area contributed by atoms with Crippen molar-refractivity contribution in [1.29, 1.82) is 0 Å². The van der Waals surface area contributed by atoms with Crippen LogP contribution in [0, 0.1) is 11.8 Å². The van der Waals surface area contributed by atoms with Crippen LogP contribution in [0.1, 0.15) is 58.8 Å². The fourth-order valence-electron chi connectivity index (χ4n) is 3.64. The first-order chi connectivity index (χ1) is 10.1. The summed E-state index contributed by atoms with van der Waals surface area (Å²) in [5.41, 5.74) is -0.688. The first kappa shape index (κ1) is 16.1. The molecule has 4 heteroatoms. The normalized spacial score (nSPS) is 29.2. The molecule has 0 aromatic carbocycles. The maximum Gasteiger partial charge on any atom is 0.351 e. The average molecular weight is 294 g/mol. The summed E-state index contributed by atoms with van der Waals surface area (Å²) in [6.07, 6.45) is 7.33. The predicted molar refractivity (Wildman–Crippen MR) is 79.6 cm³/mol. The van der Waals surface area contributed by atoms with Gasteiger partial charge in [-0.3, -0.25) is 0 Å². The second-order valence-electron chi connectivity index (χ2n) is 6.19. The molecule has 0 aromatic rings. The second-order valence-corrected chi connectivity index (χ2v) is 6.19. The number of cyclic esters (lactones) is 1. The zero-order valence-electron chi connectivity index (χ0n) is 13.2. The molecule has 0 aliphatic carbocycles. The van der Waals surface area contributed by atoms with Crippen LogP contribution < -0.4 is 0 Å². The summed E-state index contributed by atoms with van der Waals surface area (Å²) in [7, 11) is 0. The van der Waals surface area contributed by atoms with Gasteiger partial charge >= 0.3 is 11.9 Å². The molecular weight excluding hydrogens is 268 g/mol. The second kappa shape index (κ2) is 6.63. The lowest BCUT2D eigenvalue weighted by molar-refractivity contribution is -0.172. The lowest BCUT2D eigenvalue weighted by Gasteiger charge is -2.32. The van der Waals surface area contributed by atoms with Crippen molar-refractivity contribution in [2.45, 2.75) is 64.4 Å². The zero-order chi connectivity index (χ0) is 15.5. The van der Waals surface area contributed by atoms with Crippen molar-refractivity contribution in [3.05, 3.63) is 12.2 Å². The lowest BCUT2D eigenvalue weighted by atomic mass is 9.73. The van der Waals surface area contributed by atoms with Crippen LogP contribution in [-0.2, 0) is 19.1 Å². The highest BCUT2D eigenvalue weighted by Gasteiger charge is 2.65. The van der Waals surface area contributed by atoms with Crippen LogP contribution in [0.25, 0.3) is 0 Å². The van der Waals surface area contributed by atoms with Crippen LogP contribution in [-0.4, -0.2) is 24.1 Å². The molecule has 118 valence electrons. The molecule has 2 saturated heterocycles.